The van der Waals surface area contributed by atoms with Crippen molar-refractivity contribution in [1.29, 1.82) is 0 Å². The maximum atomic E-state index is 11.1. The van der Waals surface area contributed by atoms with E-state index < -0.39 is 0 Å². The first-order valence-corrected chi connectivity index (χ1v) is 3.75. The highest BCUT2D eigenvalue weighted by molar-refractivity contribution is 6.15. The molecule has 1 aromatic rings. The molecule has 12 heavy (non-hydrogen) atoms. The Bertz CT molecular complexity index is 275. The van der Waals surface area contributed by atoms with Crippen LogP contribution in [0.1, 0.15) is 12.5 Å². The minimum atomic E-state index is -0.364. The second-order valence-corrected chi connectivity index (χ2v) is 2.30. The number of hydrogen-bond donors (Lipinski definition) is 1. The highest BCUT2D eigenvalue weighted by Crippen LogP contribution is 2.11. The quantitative estimate of drug-likeness (QED) is 0.546. The lowest BCUT2D eigenvalue weighted by Crippen LogP contribution is -2.04. The highest BCUT2D eigenvalue weighted by Gasteiger charge is 2.09. The molecule has 1 aromatic heterocycles. The van der Waals surface area contributed by atoms with Gasteiger partial charge < -0.3 is 9.72 Å². The van der Waals surface area contributed by atoms with Crippen molar-refractivity contribution >= 4 is 11.5 Å². The van der Waals surface area contributed by atoms with Gasteiger partial charge in [0.2, 0.25) is 0 Å². The van der Waals surface area contributed by atoms with Gasteiger partial charge in [0.25, 0.3) is 0 Å². The normalized spacial score (nSPS) is 9.42. The minimum Gasteiger partial charge on any atom is -0.462 e. The van der Waals surface area contributed by atoms with Gasteiger partial charge in [-0.1, -0.05) is 6.58 Å². The largest absolute Gasteiger partial charge is 0.462 e. The number of carbonyl (C=O) groups excluding carboxylic acids is 1. The van der Waals surface area contributed by atoms with Crippen molar-refractivity contribution in [3.8, 4) is 0 Å². The summed E-state index contributed by atoms with van der Waals surface area (Å²) >= 11 is 0. The SMILES string of the molecule is C=C(C(=O)OCC)c1cc[nH]c1. The van der Waals surface area contributed by atoms with Crippen molar-refractivity contribution < 1.29 is 9.53 Å². The Morgan fingerprint density at radius 2 is 2.50 bits per heavy atom. The van der Waals surface area contributed by atoms with Gasteiger partial charge in [0.15, 0.2) is 0 Å². The lowest BCUT2D eigenvalue weighted by molar-refractivity contribution is -0.136. The second-order valence-electron chi connectivity index (χ2n) is 2.30. The van der Waals surface area contributed by atoms with Crippen LogP contribution in [-0.2, 0) is 9.53 Å². The van der Waals surface area contributed by atoms with Crippen LogP contribution in [0.15, 0.2) is 25.0 Å². The van der Waals surface area contributed by atoms with Crippen LogP contribution >= 0.6 is 0 Å². The average Bonchev–Trinajstić information content (AvgIpc) is 2.55. The molecule has 1 heterocycles. The molecule has 1 rings (SSSR count). The number of rotatable bonds is 3. The first-order valence-electron chi connectivity index (χ1n) is 3.75. The standard InChI is InChI=1S/C9H11NO2/c1-3-12-9(11)7(2)8-4-5-10-6-8/h4-6,10H,2-3H2,1H3. The van der Waals surface area contributed by atoms with E-state index in [9.17, 15) is 4.79 Å². The first-order chi connectivity index (χ1) is 5.75. The van der Waals surface area contributed by atoms with Crippen molar-refractivity contribution in [3.05, 3.63) is 30.6 Å². The fourth-order valence-electron chi connectivity index (χ4n) is 0.848. The van der Waals surface area contributed by atoms with Crippen LogP contribution in [-0.4, -0.2) is 17.6 Å². The summed E-state index contributed by atoms with van der Waals surface area (Å²) in [7, 11) is 0. The summed E-state index contributed by atoms with van der Waals surface area (Å²) in [6.07, 6.45) is 3.44. The fourth-order valence-corrected chi connectivity index (χ4v) is 0.848. The Kier molecular flexibility index (Phi) is 2.69. The van der Waals surface area contributed by atoms with Gasteiger partial charge in [0.1, 0.15) is 0 Å². The Morgan fingerprint density at radius 1 is 1.75 bits per heavy atom. The smallest absolute Gasteiger partial charge is 0.338 e. The molecule has 0 saturated carbocycles. The van der Waals surface area contributed by atoms with E-state index in [1.54, 1.807) is 25.4 Å². The van der Waals surface area contributed by atoms with Gasteiger partial charge in [0.05, 0.1) is 12.2 Å². The number of nitrogens with one attached hydrogen (secondary N) is 1. The summed E-state index contributed by atoms with van der Waals surface area (Å²) in [5.74, 6) is -0.364. The molecule has 0 aliphatic rings. The monoisotopic (exact) mass is 165 g/mol. The van der Waals surface area contributed by atoms with Crippen LogP contribution in [0.2, 0.25) is 0 Å². The fraction of sp³-hybridized carbons (Fsp3) is 0.222. The van der Waals surface area contributed by atoms with Gasteiger partial charge in [-0.05, 0) is 13.0 Å². The maximum Gasteiger partial charge on any atom is 0.338 e. The zero-order valence-corrected chi connectivity index (χ0v) is 6.96. The summed E-state index contributed by atoms with van der Waals surface area (Å²) < 4.78 is 4.78. The van der Waals surface area contributed by atoms with E-state index >= 15 is 0 Å². The lowest BCUT2D eigenvalue weighted by Gasteiger charge is -2.01. The van der Waals surface area contributed by atoms with E-state index in [1.807, 2.05) is 0 Å². The number of esters is 1. The zero-order valence-electron chi connectivity index (χ0n) is 6.96. The number of hydrogen-bond acceptors (Lipinski definition) is 2. The molecule has 0 aliphatic heterocycles. The molecule has 0 saturated heterocycles. The molecule has 0 spiro atoms. The van der Waals surface area contributed by atoms with Crippen LogP contribution in [0.5, 0.6) is 0 Å². The molecule has 3 nitrogen and oxygen atoms in total. The molecule has 3 heteroatoms. The third-order valence-electron chi connectivity index (χ3n) is 1.47. The lowest BCUT2D eigenvalue weighted by atomic mass is 10.2. The highest BCUT2D eigenvalue weighted by atomic mass is 16.5. The van der Waals surface area contributed by atoms with Crippen molar-refractivity contribution in [2.75, 3.05) is 6.61 Å². The Labute approximate surface area is 71.1 Å². The zero-order chi connectivity index (χ0) is 8.97. The Morgan fingerprint density at radius 3 is 3.00 bits per heavy atom. The van der Waals surface area contributed by atoms with Crippen molar-refractivity contribution in [1.82, 2.24) is 4.98 Å². The molecular formula is C9H11NO2. The topological polar surface area (TPSA) is 42.1 Å². The molecule has 0 bridgehead atoms. The Hall–Kier alpha value is -1.51. The van der Waals surface area contributed by atoms with Crippen molar-refractivity contribution in [2.45, 2.75) is 6.92 Å². The van der Waals surface area contributed by atoms with Crippen LogP contribution in [0.25, 0.3) is 5.57 Å². The molecule has 0 atom stereocenters. The van der Waals surface area contributed by atoms with Gasteiger partial charge in [-0.25, -0.2) is 4.79 Å². The van der Waals surface area contributed by atoms with Gasteiger partial charge in [-0.15, -0.1) is 0 Å². The molecule has 0 aromatic carbocycles. The molecule has 0 aliphatic carbocycles. The van der Waals surface area contributed by atoms with Crippen molar-refractivity contribution in [2.24, 2.45) is 0 Å². The van der Waals surface area contributed by atoms with E-state index in [0.29, 0.717) is 12.2 Å². The molecule has 64 valence electrons. The van der Waals surface area contributed by atoms with Crippen molar-refractivity contribution in [3.63, 3.8) is 0 Å². The molecular weight excluding hydrogens is 154 g/mol. The summed E-state index contributed by atoms with van der Waals surface area (Å²) in [4.78, 5) is 13.9. The first kappa shape index (κ1) is 8.59. The van der Waals surface area contributed by atoms with Gasteiger partial charge in [0, 0.05) is 18.0 Å². The van der Waals surface area contributed by atoms with Crippen LogP contribution < -0.4 is 0 Å². The Balaban J connectivity index is 2.66. The molecule has 0 unspecified atom stereocenters. The van der Waals surface area contributed by atoms with Crippen LogP contribution in [0.3, 0.4) is 0 Å². The van der Waals surface area contributed by atoms with Gasteiger partial charge in [-0.2, -0.15) is 0 Å². The molecule has 0 radical (unpaired) electrons. The minimum absolute atomic E-state index is 0.364. The number of aromatic amines is 1. The number of ether oxygens (including phenoxy) is 1. The number of H-pyrrole nitrogens is 1. The maximum absolute atomic E-state index is 11.1. The van der Waals surface area contributed by atoms with E-state index in [0.717, 1.165) is 5.56 Å². The van der Waals surface area contributed by atoms with Gasteiger partial charge in [-0.3, -0.25) is 0 Å². The average molecular weight is 165 g/mol. The third kappa shape index (κ3) is 1.75. The summed E-state index contributed by atoms with van der Waals surface area (Å²) in [6.45, 7) is 5.76. The summed E-state index contributed by atoms with van der Waals surface area (Å²) in [5.41, 5.74) is 1.16. The third-order valence-corrected chi connectivity index (χ3v) is 1.47. The number of aromatic nitrogens is 1. The number of carbonyl (C=O) groups is 1. The van der Waals surface area contributed by atoms with Crippen LogP contribution in [0.4, 0.5) is 0 Å². The predicted molar refractivity (Wildman–Crippen MR) is 46.5 cm³/mol. The van der Waals surface area contributed by atoms with Crippen LogP contribution in [0, 0.1) is 0 Å². The summed E-state index contributed by atoms with van der Waals surface area (Å²) in [6, 6.07) is 1.78. The molecule has 1 N–H and O–H groups in total. The van der Waals surface area contributed by atoms with E-state index in [1.165, 1.54) is 0 Å². The van der Waals surface area contributed by atoms with Gasteiger partial charge >= 0.3 is 5.97 Å². The van der Waals surface area contributed by atoms with E-state index in [-0.39, 0.29) is 5.97 Å². The predicted octanol–water partition coefficient (Wildman–Crippen LogP) is 1.59. The molecule has 0 amide bonds. The second kappa shape index (κ2) is 3.76. The summed E-state index contributed by atoms with van der Waals surface area (Å²) in [5, 5.41) is 0. The van der Waals surface area contributed by atoms with E-state index in [4.69, 9.17) is 4.74 Å². The van der Waals surface area contributed by atoms with E-state index in [2.05, 4.69) is 11.6 Å². The molecule has 0 fully saturated rings.